The highest BCUT2D eigenvalue weighted by Crippen LogP contribution is 2.34. The first-order chi connectivity index (χ1) is 11.9. The average molecular weight is 354 g/mol. The molecule has 2 saturated heterocycles. The second kappa shape index (κ2) is 8.85. The van der Waals surface area contributed by atoms with Crippen LogP contribution in [0.1, 0.15) is 40.0 Å². The Morgan fingerprint density at radius 3 is 2.68 bits per heavy atom. The monoisotopic (exact) mass is 354 g/mol. The van der Waals surface area contributed by atoms with Gasteiger partial charge in [0.15, 0.2) is 11.7 Å². The third kappa shape index (κ3) is 5.31. The lowest BCUT2D eigenvalue weighted by Gasteiger charge is -2.41. The number of likely N-dealkylation sites (tertiary alicyclic amines) is 1. The molecule has 2 aliphatic rings. The number of carbonyl (C=O) groups is 1. The molecule has 0 aromatic rings. The van der Waals surface area contributed by atoms with Crippen LogP contribution in [-0.4, -0.2) is 80.4 Å². The lowest BCUT2D eigenvalue weighted by molar-refractivity contribution is -0.189. The van der Waals surface area contributed by atoms with Crippen LogP contribution < -0.4 is 5.32 Å². The molecule has 0 saturated carbocycles. The Hall–Kier alpha value is -1.34. The number of nitrogens with zero attached hydrogens (tertiary/aromatic N) is 3. The Kier molecular flexibility index (Phi) is 7.07. The van der Waals surface area contributed by atoms with Gasteiger partial charge in [-0.15, -0.1) is 0 Å². The second-order valence-electron chi connectivity index (χ2n) is 7.38. The van der Waals surface area contributed by atoms with Crippen molar-refractivity contribution in [2.75, 3.05) is 46.9 Å². The van der Waals surface area contributed by atoms with Crippen LogP contribution in [0.15, 0.2) is 4.99 Å². The van der Waals surface area contributed by atoms with Crippen molar-refractivity contribution < 1.29 is 14.3 Å². The van der Waals surface area contributed by atoms with E-state index < -0.39 is 5.79 Å². The molecule has 2 fully saturated rings. The fourth-order valence-electron chi connectivity index (χ4n) is 3.21. The van der Waals surface area contributed by atoms with Crippen molar-refractivity contribution in [3.63, 3.8) is 0 Å². The van der Waals surface area contributed by atoms with Crippen LogP contribution in [0.5, 0.6) is 0 Å². The standard InChI is InChI=1S/C18H34N4O3/c1-6-14(2)20-17(19-12-16(23)21(4)5)22-9-7-8-15(13-22)18(3)24-10-11-25-18/h14-15H,6-13H2,1-5H3,(H,19,20). The van der Waals surface area contributed by atoms with Gasteiger partial charge in [-0.25, -0.2) is 4.99 Å². The summed E-state index contributed by atoms with van der Waals surface area (Å²) in [6, 6.07) is 0.308. The molecule has 7 heteroatoms. The highest BCUT2D eigenvalue weighted by Gasteiger charge is 2.42. The number of nitrogens with one attached hydrogen (secondary N) is 1. The molecule has 144 valence electrons. The molecule has 1 amide bonds. The van der Waals surface area contributed by atoms with Crippen molar-refractivity contribution in [1.82, 2.24) is 15.1 Å². The summed E-state index contributed by atoms with van der Waals surface area (Å²) in [6.45, 7) is 9.57. The van der Waals surface area contributed by atoms with Crippen molar-refractivity contribution >= 4 is 11.9 Å². The number of piperidine rings is 1. The van der Waals surface area contributed by atoms with Gasteiger partial charge < -0.3 is 24.6 Å². The topological polar surface area (TPSA) is 66.4 Å². The highest BCUT2D eigenvalue weighted by atomic mass is 16.7. The quantitative estimate of drug-likeness (QED) is 0.595. The van der Waals surface area contributed by atoms with Gasteiger partial charge in [-0.2, -0.15) is 0 Å². The van der Waals surface area contributed by atoms with E-state index in [1.165, 1.54) is 0 Å². The number of likely N-dealkylation sites (N-methyl/N-ethyl adjacent to an activating group) is 1. The van der Waals surface area contributed by atoms with E-state index in [-0.39, 0.29) is 12.5 Å². The summed E-state index contributed by atoms with van der Waals surface area (Å²) >= 11 is 0. The number of carbonyl (C=O) groups excluding carboxylic acids is 1. The van der Waals surface area contributed by atoms with Crippen molar-refractivity contribution in [2.24, 2.45) is 10.9 Å². The van der Waals surface area contributed by atoms with Crippen LogP contribution in [0, 0.1) is 5.92 Å². The molecule has 0 aliphatic carbocycles. The van der Waals surface area contributed by atoms with Crippen LogP contribution in [0.3, 0.4) is 0 Å². The number of hydrogen-bond acceptors (Lipinski definition) is 4. The molecule has 2 aliphatic heterocycles. The zero-order valence-electron chi connectivity index (χ0n) is 16.4. The summed E-state index contributed by atoms with van der Waals surface area (Å²) in [6.07, 6.45) is 3.15. The summed E-state index contributed by atoms with van der Waals surface area (Å²) in [5.74, 6) is 0.624. The summed E-state index contributed by atoms with van der Waals surface area (Å²) in [7, 11) is 3.51. The lowest BCUT2D eigenvalue weighted by atomic mass is 9.90. The Bertz CT molecular complexity index is 475. The van der Waals surface area contributed by atoms with E-state index in [0.29, 0.717) is 25.2 Å². The number of amides is 1. The van der Waals surface area contributed by atoms with Gasteiger partial charge in [0.05, 0.1) is 13.2 Å². The fraction of sp³-hybridized carbons (Fsp3) is 0.889. The molecule has 2 rings (SSSR count). The molecule has 2 atom stereocenters. The fourth-order valence-corrected chi connectivity index (χ4v) is 3.21. The number of guanidine groups is 1. The number of aliphatic imine (C=N–C) groups is 1. The molecule has 0 aromatic carbocycles. The molecule has 0 radical (unpaired) electrons. The van der Waals surface area contributed by atoms with E-state index in [4.69, 9.17) is 9.47 Å². The Labute approximate surface area is 151 Å². The largest absolute Gasteiger partial charge is 0.354 e. The molecule has 1 N–H and O–H groups in total. The number of rotatable bonds is 5. The molecule has 2 unspecified atom stereocenters. The van der Waals surface area contributed by atoms with Crippen LogP contribution >= 0.6 is 0 Å². The molecule has 7 nitrogen and oxygen atoms in total. The van der Waals surface area contributed by atoms with E-state index in [1.54, 1.807) is 19.0 Å². The first-order valence-corrected chi connectivity index (χ1v) is 9.39. The molecule has 0 spiro atoms. The SMILES string of the molecule is CCC(C)NC(=NCC(=O)N(C)C)N1CCCC(C2(C)OCCO2)C1. The number of hydrogen-bond donors (Lipinski definition) is 1. The summed E-state index contributed by atoms with van der Waals surface area (Å²) < 4.78 is 11.7. The third-order valence-electron chi connectivity index (χ3n) is 5.17. The molecular weight excluding hydrogens is 320 g/mol. The highest BCUT2D eigenvalue weighted by molar-refractivity contribution is 5.85. The van der Waals surface area contributed by atoms with Gasteiger partial charge in [-0.3, -0.25) is 4.79 Å². The Balaban J connectivity index is 2.09. The Morgan fingerprint density at radius 2 is 2.08 bits per heavy atom. The summed E-state index contributed by atoms with van der Waals surface area (Å²) in [5.41, 5.74) is 0. The van der Waals surface area contributed by atoms with Crippen LogP contribution in [0.25, 0.3) is 0 Å². The van der Waals surface area contributed by atoms with Gasteiger partial charge in [-0.05, 0) is 33.1 Å². The molecule has 25 heavy (non-hydrogen) atoms. The van der Waals surface area contributed by atoms with Crippen molar-refractivity contribution in [1.29, 1.82) is 0 Å². The van der Waals surface area contributed by atoms with Gasteiger partial charge >= 0.3 is 0 Å². The van der Waals surface area contributed by atoms with Gasteiger partial charge in [0.25, 0.3) is 0 Å². The van der Waals surface area contributed by atoms with Crippen molar-refractivity contribution in [3.8, 4) is 0 Å². The average Bonchev–Trinajstić information content (AvgIpc) is 3.06. The first kappa shape index (κ1) is 20.0. The van der Waals surface area contributed by atoms with E-state index in [0.717, 1.165) is 38.3 Å². The Morgan fingerprint density at radius 1 is 1.40 bits per heavy atom. The van der Waals surface area contributed by atoms with Crippen LogP contribution in [0.4, 0.5) is 0 Å². The zero-order chi connectivity index (χ0) is 18.4. The van der Waals surface area contributed by atoms with Gasteiger partial charge in [0, 0.05) is 39.1 Å². The van der Waals surface area contributed by atoms with E-state index in [9.17, 15) is 4.79 Å². The zero-order valence-corrected chi connectivity index (χ0v) is 16.4. The number of ether oxygens (including phenoxy) is 2. The van der Waals surface area contributed by atoms with Gasteiger partial charge in [-0.1, -0.05) is 6.92 Å². The maximum atomic E-state index is 11.9. The molecule has 0 bridgehead atoms. The summed E-state index contributed by atoms with van der Waals surface area (Å²) in [5, 5.41) is 3.48. The molecular formula is C18H34N4O3. The minimum atomic E-state index is -0.500. The smallest absolute Gasteiger partial charge is 0.243 e. The second-order valence-corrected chi connectivity index (χ2v) is 7.38. The maximum Gasteiger partial charge on any atom is 0.243 e. The predicted octanol–water partition coefficient (Wildman–Crippen LogP) is 1.29. The molecule has 2 heterocycles. The van der Waals surface area contributed by atoms with E-state index in [1.807, 2.05) is 6.92 Å². The van der Waals surface area contributed by atoms with E-state index >= 15 is 0 Å². The van der Waals surface area contributed by atoms with Crippen LogP contribution in [-0.2, 0) is 14.3 Å². The van der Waals surface area contributed by atoms with Crippen molar-refractivity contribution in [3.05, 3.63) is 0 Å². The van der Waals surface area contributed by atoms with Gasteiger partial charge in [0.1, 0.15) is 6.54 Å². The predicted molar refractivity (Wildman–Crippen MR) is 98.5 cm³/mol. The minimum Gasteiger partial charge on any atom is -0.354 e. The van der Waals surface area contributed by atoms with Crippen molar-refractivity contribution in [2.45, 2.75) is 51.9 Å². The van der Waals surface area contributed by atoms with E-state index in [2.05, 4.69) is 29.1 Å². The van der Waals surface area contributed by atoms with Crippen LogP contribution in [0.2, 0.25) is 0 Å². The molecule has 0 aromatic heterocycles. The van der Waals surface area contributed by atoms with Gasteiger partial charge in [0.2, 0.25) is 5.91 Å². The normalized spacial score (nSPS) is 24.9. The lowest BCUT2D eigenvalue weighted by Crippen LogP contribution is -2.53. The first-order valence-electron chi connectivity index (χ1n) is 9.39. The third-order valence-corrected chi connectivity index (χ3v) is 5.17. The minimum absolute atomic E-state index is 0.00596. The maximum absolute atomic E-state index is 11.9. The summed E-state index contributed by atoms with van der Waals surface area (Å²) in [4.78, 5) is 20.4.